The van der Waals surface area contributed by atoms with Gasteiger partial charge in [0.25, 0.3) is 0 Å². The van der Waals surface area contributed by atoms with Gasteiger partial charge in [-0.2, -0.15) is 11.3 Å². The molecule has 1 aromatic carbocycles. The Morgan fingerprint density at radius 2 is 1.79 bits per heavy atom. The molecule has 0 aliphatic carbocycles. The summed E-state index contributed by atoms with van der Waals surface area (Å²) in [5.41, 5.74) is 4.62. The van der Waals surface area contributed by atoms with Crippen molar-refractivity contribution in [1.82, 2.24) is 0 Å². The van der Waals surface area contributed by atoms with Crippen molar-refractivity contribution in [1.29, 1.82) is 0 Å². The average molecular weight is 272 g/mol. The zero-order chi connectivity index (χ0) is 13.9. The Morgan fingerprint density at radius 3 is 2.42 bits per heavy atom. The lowest BCUT2D eigenvalue weighted by Crippen LogP contribution is -2.12. The van der Waals surface area contributed by atoms with Crippen LogP contribution in [0.25, 0.3) is 0 Å². The van der Waals surface area contributed by atoms with Gasteiger partial charge in [-0.05, 0) is 57.7 Å². The second-order valence-corrected chi connectivity index (χ2v) is 7.38. The molecular formula is C18H24S. The van der Waals surface area contributed by atoms with Crippen LogP contribution in [0, 0.1) is 5.92 Å². The standard InChI is InChI=1S/C18H24S/c1-14(11-16-8-9-19-13-16)10-15-6-5-7-17(12-15)18(2,3)4/h5-9,12-14H,10-11H2,1-4H3. The van der Waals surface area contributed by atoms with Gasteiger partial charge in [-0.1, -0.05) is 52.0 Å². The van der Waals surface area contributed by atoms with Crippen molar-refractivity contribution in [3.63, 3.8) is 0 Å². The highest BCUT2D eigenvalue weighted by molar-refractivity contribution is 7.07. The Hall–Kier alpha value is -1.08. The predicted octanol–water partition coefficient (Wildman–Crippen LogP) is 5.47. The van der Waals surface area contributed by atoms with Crippen LogP contribution in [0.15, 0.2) is 41.1 Å². The monoisotopic (exact) mass is 272 g/mol. The first-order valence-electron chi connectivity index (χ1n) is 7.05. The second-order valence-electron chi connectivity index (χ2n) is 6.60. The number of rotatable bonds is 4. The van der Waals surface area contributed by atoms with Crippen molar-refractivity contribution in [2.24, 2.45) is 5.92 Å². The Morgan fingerprint density at radius 1 is 1.05 bits per heavy atom. The zero-order valence-electron chi connectivity index (χ0n) is 12.4. The lowest BCUT2D eigenvalue weighted by atomic mass is 9.85. The van der Waals surface area contributed by atoms with Crippen LogP contribution in [0.3, 0.4) is 0 Å². The van der Waals surface area contributed by atoms with Gasteiger partial charge >= 0.3 is 0 Å². The Kier molecular flexibility index (Phi) is 4.46. The van der Waals surface area contributed by atoms with Crippen LogP contribution in [0.4, 0.5) is 0 Å². The molecule has 0 saturated heterocycles. The first-order chi connectivity index (χ1) is 8.95. The highest BCUT2D eigenvalue weighted by atomic mass is 32.1. The SMILES string of the molecule is CC(Cc1ccsc1)Cc1cccc(C(C)(C)C)c1. The molecule has 0 saturated carbocycles. The third kappa shape index (κ3) is 4.21. The molecule has 1 unspecified atom stereocenters. The number of hydrogen-bond acceptors (Lipinski definition) is 1. The molecule has 0 amide bonds. The maximum Gasteiger partial charge on any atom is -0.00612 e. The summed E-state index contributed by atoms with van der Waals surface area (Å²) in [6.45, 7) is 9.18. The maximum absolute atomic E-state index is 2.38. The van der Waals surface area contributed by atoms with Gasteiger partial charge in [0.05, 0.1) is 0 Å². The fraction of sp³-hybridized carbons (Fsp3) is 0.444. The molecule has 2 aromatic rings. The molecule has 0 aliphatic heterocycles. The van der Waals surface area contributed by atoms with Crippen LogP contribution in [0.5, 0.6) is 0 Å². The molecule has 0 spiro atoms. The van der Waals surface area contributed by atoms with Crippen LogP contribution in [0.2, 0.25) is 0 Å². The van der Waals surface area contributed by atoms with E-state index in [1.807, 2.05) is 0 Å². The van der Waals surface area contributed by atoms with E-state index in [1.165, 1.54) is 29.5 Å². The third-order valence-electron chi connectivity index (χ3n) is 3.54. The van der Waals surface area contributed by atoms with Gasteiger partial charge in [0, 0.05) is 0 Å². The first-order valence-corrected chi connectivity index (χ1v) is 8.00. The van der Waals surface area contributed by atoms with E-state index in [4.69, 9.17) is 0 Å². The lowest BCUT2D eigenvalue weighted by molar-refractivity contribution is 0.569. The normalized spacial score (nSPS) is 13.5. The smallest absolute Gasteiger partial charge is 0.00612 e. The molecule has 0 aliphatic rings. The number of thiophene rings is 1. The highest BCUT2D eigenvalue weighted by Gasteiger charge is 2.14. The first kappa shape index (κ1) is 14.3. The van der Waals surface area contributed by atoms with E-state index in [1.54, 1.807) is 11.3 Å². The topological polar surface area (TPSA) is 0 Å². The van der Waals surface area contributed by atoms with Gasteiger partial charge in [-0.15, -0.1) is 0 Å². The van der Waals surface area contributed by atoms with E-state index in [0.29, 0.717) is 5.92 Å². The summed E-state index contributed by atoms with van der Waals surface area (Å²) in [6, 6.07) is 11.3. The zero-order valence-corrected chi connectivity index (χ0v) is 13.3. The van der Waals surface area contributed by atoms with Crippen LogP contribution in [-0.4, -0.2) is 0 Å². The van der Waals surface area contributed by atoms with Crippen LogP contribution < -0.4 is 0 Å². The van der Waals surface area contributed by atoms with Gasteiger partial charge in [-0.25, -0.2) is 0 Å². The molecule has 102 valence electrons. The highest BCUT2D eigenvalue weighted by Crippen LogP contribution is 2.24. The lowest BCUT2D eigenvalue weighted by Gasteiger charge is -2.20. The van der Waals surface area contributed by atoms with Gasteiger partial charge in [0.2, 0.25) is 0 Å². The van der Waals surface area contributed by atoms with Crippen molar-refractivity contribution in [3.05, 3.63) is 57.8 Å². The Bertz CT molecular complexity index is 503. The fourth-order valence-corrected chi connectivity index (χ4v) is 3.13. The van der Waals surface area contributed by atoms with Crippen molar-refractivity contribution in [2.45, 2.75) is 46.0 Å². The minimum Gasteiger partial charge on any atom is -0.152 e. The summed E-state index contributed by atoms with van der Waals surface area (Å²) < 4.78 is 0. The van der Waals surface area contributed by atoms with E-state index < -0.39 is 0 Å². The molecule has 1 heterocycles. The molecule has 19 heavy (non-hydrogen) atoms. The van der Waals surface area contributed by atoms with Crippen molar-refractivity contribution < 1.29 is 0 Å². The summed E-state index contributed by atoms with van der Waals surface area (Å²) in [5.74, 6) is 0.699. The molecule has 2 rings (SSSR count). The number of hydrogen-bond donors (Lipinski definition) is 0. The summed E-state index contributed by atoms with van der Waals surface area (Å²) in [7, 11) is 0. The average Bonchev–Trinajstić information content (AvgIpc) is 2.80. The van der Waals surface area contributed by atoms with Crippen molar-refractivity contribution in [3.8, 4) is 0 Å². The van der Waals surface area contributed by atoms with E-state index in [2.05, 4.69) is 68.8 Å². The van der Waals surface area contributed by atoms with Crippen molar-refractivity contribution >= 4 is 11.3 Å². The minimum atomic E-state index is 0.243. The largest absolute Gasteiger partial charge is 0.152 e. The molecule has 0 radical (unpaired) electrons. The van der Waals surface area contributed by atoms with Crippen molar-refractivity contribution in [2.75, 3.05) is 0 Å². The second kappa shape index (κ2) is 5.92. The number of benzene rings is 1. The van der Waals surface area contributed by atoms with E-state index in [0.717, 1.165) is 0 Å². The maximum atomic E-state index is 2.38. The van der Waals surface area contributed by atoms with Gasteiger partial charge in [0.1, 0.15) is 0 Å². The summed E-state index contributed by atoms with van der Waals surface area (Å²) in [6.07, 6.45) is 2.35. The molecule has 1 aromatic heterocycles. The minimum absolute atomic E-state index is 0.243. The van der Waals surface area contributed by atoms with Gasteiger partial charge in [0.15, 0.2) is 0 Å². The van der Waals surface area contributed by atoms with Crippen LogP contribution in [0.1, 0.15) is 44.4 Å². The fourth-order valence-electron chi connectivity index (χ4n) is 2.45. The van der Waals surface area contributed by atoms with Gasteiger partial charge in [-0.3, -0.25) is 0 Å². The summed E-state index contributed by atoms with van der Waals surface area (Å²) in [4.78, 5) is 0. The molecule has 0 bridgehead atoms. The quantitative estimate of drug-likeness (QED) is 0.692. The Balaban J connectivity index is 2.03. The molecular weight excluding hydrogens is 248 g/mol. The molecule has 1 atom stereocenters. The van der Waals surface area contributed by atoms with Crippen LogP contribution >= 0.6 is 11.3 Å². The van der Waals surface area contributed by atoms with E-state index >= 15 is 0 Å². The predicted molar refractivity (Wildman–Crippen MR) is 86.0 cm³/mol. The van der Waals surface area contributed by atoms with E-state index in [-0.39, 0.29) is 5.41 Å². The Labute approximate surface area is 121 Å². The van der Waals surface area contributed by atoms with E-state index in [9.17, 15) is 0 Å². The molecule has 1 heteroatoms. The third-order valence-corrected chi connectivity index (χ3v) is 4.27. The van der Waals surface area contributed by atoms with Crippen LogP contribution in [-0.2, 0) is 18.3 Å². The summed E-state index contributed by atoms with van der Waals surface area (Å²) >= 11 is 1.79. The van der Waals surface area contributed by atoms with Gasteiger partial charge < -0.3 is 0 Å². The molecule has 0 nitrogen and oxygen atoms in total. The molecule has 0 fully saturated rings. The summed E-state index contributed by atoms with van der Waals surface area (Å²) in [5, 5.41) is 4.43. The molecule has 0 N–H and O–H groups in total.